The number of benzene rings is 1. The molecule has 2 aromatic rings. The summed E-state index contributed by atoms with van der Waals surface area (Å²) in [7, 11) is -3.64. The van der Waals surface area contributed by atoms with E-state index in [-0.39, 0.29) is 16.5 Å². The number of nitrogens with zero attached hydrogens (tertiary/aromatic N) is 1. The van der Waals surface area contributed by atoms with Gasteiger partial charge in [0, 0.05) is 24.5 Å². The molecule has 1 aliphatic rings. The molecule has 8 heteroatoms. The third-order valence-electron chi connectivity index (χ3n) is 5.18. The zero-order chi connectivity index (χ0) is 21.0. The van der Waals surface area contributed by atoms with Crippen LogP contribution in [0, 0.1) is 13.8 Å². The van der Waals surface area contributed by atoms with Crippen LogP contribution in [0.15, 0.2) is 29.2 Å². The fourth-order valence-corrected chi connectivity index (χ4v) is 5.68. The van der Waals surface area contributed by atoms with E-state index in [1.165, 1.54) is 0 Å². The van der Waals surface area contributed by atoms with Crippen LogP contribution >= 0.6 is 0 Å². The predicted molar refractivity (Wildman–Crippen MR) is 113 cm³/mol. The lowest BCUT2D eigenvalue weighted by molar-refractivity contribution is 0.102. The molecule has 1 saturated heterocycles. The summed E-state index contributed by atoms with van der Waals surface area (Å²) in [5, 5.41) is 2.82. The number of ether oxygens (including phenoxy) is 1. The number of aromatic nitrogens is 1. The molecule has 29 heavy (non-hydrogen) atoms. The number of anilines is 1. The van der Waals surface area contributed by atoms with E-state index in [0.29, 0.717) is 36.6 Å². The molecule has 1 aromatic carbocycles. The molecular formula is C21H29N3O4S. The topological polar surface area (TPSA) is 91.5 Å². The molecule has 0 spiro atoms. The Balaban J connectivity index is 1.83. The minimum atomic E-state index is -3.64. The second-order valence-electron chi connectivity index (χ2n) is 7.31. The van der Waals surface area contributed by atoms with Crippen molar-refractivity contribution in [1.82, 2.24) is 9.29 Å². The molecule has 0 saturated carbocycles. The zero-order valence-corrected chi connectivity index (χ0v) is 18.1. The molecule has 0 bridgehead atoms. The van der Waals surface area contributed by atoms with Gasteiger partial charge in [0.25, 0.3) is 5.91 Å². The molecule has 158 valence electrons. The Kier molecular flexibility index (Phi) is 6.64. The van der Waals surface area contributed by atoms with Gasteiger partial charge in [0.1, 0.15) is 16.3 Å². The smallest absolute Gasteiger partial charge is 0.272 e. The van der Waals surface area contributed by atoms with Crippen molar-refractivity contribution < 1.29 is 17.9 Å². The van der Waals surface area contributed by atoms with Gasteiger partial charge in [-0.05, 0) is 63.4 Å². The van der Waals surface area contributed by atoms with Gasteiger partial charge in [-0.25, -0.2) is 8.42 Å². The van der Waals surface area contributed by atoms with E-state index in [4.69, 9.17) is 4.74 Å². The first-order valence-corrected chi connectivity index (χ1v) is 11.5. The number of amides is 1. The van der Waals surface area contributed by atoms with Crippen molar-refractivity contribution in [2.45, 2.75) is 51.3 Å². The van der Waals surface area contributed by atoms with E-state index in [1.807, 2.05) is 6.92 Å². The number of carbonyl (C=O) groups is 1. The van der Waals surface area contributed by atoms with E-state index in [0.717, 1.165) is 31.4 Å². The third kappa shape index (κ3) is 4.64. The van der Waals surface area contributed by atoms with E-state index >= 15 is 0 Å². The van der Waals surface area contributed by atoms with Gasteiger partial charge in [0.05, 0.1) is 6.61 Å². The number of hydrogen-bond acceptors (Lipinski definition) is 4. The number of aryl methyl sites for hydroxylation is 1. The summed E-state index contributed by atoms with van der Waals surface area (Å²) < 4.78 is 33.4. The Morgan fingerprint density at radius 1 is 1.10 bits per heavy atom. The quantitative estimate of drug-likeness (QED) is 0.744. The lowest BCUT2D eigenvalue weighted by Gasteiger charge is -2.20. The van der Waals surface area contributed by atoms with Crippen molar-refractivity contribution in [1.29, 1.82) is 0 Å². The molecule has 0 atom stereocenters. The summed E-state index contributed by atoms with van der Waals surface area (Å²) >= 11 is 0. The highest BCUT2D eigenvalue weighted by molar-refractivity contribution is 7.89. The largest absolute Gasteiger partial charge is 0.494 e. The van der Waals surface area contributed by atoms with Gasteiger partial charge >= 0.3 is 0 Å². The third-order valence-corrected chi connectivity index (χ3v) is 7.36. The lowest BCUT2D eigenvalue weighted by atomic mass is 10.2. The monoisotopic (exact) mass is 419 g/mol. The second-order valence-corrected chi connectivity index (χ2v) is 9.18. The van der Waals surface area contributed by atoms with Crippen LogP contribution < -0.4 is 10.1 Å². The van der Waals surface area contributed by atoms with Crippen molar-refractivity contribution in [2.24, 2.45) is 0 Å². The maximum absolute atomic E-state index is 13.2. The molecule has 3 rings (SSSR count). The Labute approximate surface area is 172 Å². The van der Waals surface area contributed by atoms with Crippen molar-refractivity contribution >= 4 is 21.6 Å². The minimum absolute atomic E-state index is 0.219. The molecule has 1 fully saturated rings. The molecule has 2 heterocycles. The summed E-state index contributed by atoms with van der Waals surface area (Å²) in [6.45, 7) is 6.91. The number of rotatable bonds is 6. The highest BCUT2D eigenvalue weighted by atomic mass is 32.2. The summed E-state index contributed by atoms with van der Waals surface area (Å²) in [4.78, 5) is 16.0. The highest BCUT2D eigenvalue weighted by Gasteiger charge is 2.32. The van der Waals surface area contributed by atoms with Gasteiger partial charge in [-0.15, -0.1) is 0 Å². The van der Waals surface area contributed by atoms with Crippen LogP contribution in [0.25, 0.3) is 0 Å². The fourth-order valence-electron chi connectivity index (χ4n) is 3.75. The van der Waals surface area contributed by atoms with Crippen LogP contribution in [0.4, 0.5) is 5.69 Å². The Hall–Kier alpha value is -2.32. The molecular weight excluding hydrogens is 390 g/mol. The van der Waals surface area contributed by atoms with E-state index < -0.39 is 10.0 Å². The van der Waals surface area contributed by atoms with Gasteiger partial charge in [0.2, 0.25) is 10.0 Å². The number of sulfonamides is 1. The average molecular weight is 420 g/mol. The SMILES string of the molecule is CCOc1ccc(NC(=O)c2[nH]c(C)c(S(=O)(=O)N3CCCCCC3)c2C)cc1. The lowest BCUT2D eigenvalue weighted by Crippen LogP contribution is -2.32. The van der Waals surface area contributed by atoms with Crippen molar-refractivity contribution in [3.8, 4) is 5.75 Å². The summed E-state index contributed by atoms with van der Waals surface area (Å²) in [6.07, 6.45) is 3.83. The van der Waals surface area contributed by atoms with Crippen LogP contribution in [0.2, 0.25) is 0 Å². The summed E-state index contributed by atoms with van der Waals surface area (Å²) in [6, 6.07) is 7.06. The minimum Gasteiger partial charge on any atom is -0.494 e. The first-order chi connectivity index (χ1) is 13.8. The van der Waals surface area contributed by atoms with E-state index in [1.54, 1.807) is 42.4 Å². The summed E-state index contributed by atoms with van der Waals surface area (Å²) in [5.41, 5.74) is 1.82. The van der Waals surface area contributed by atoms with Crippen molar-refractivity contribution in [3.63, 3.8) is 0 Å². The maximum atomic E-state index is 13.2. The van der Waals surface area contributed by atoms with Gasteiger partial charge in [0.15, 0.2) is 0 Å². The zero-order valence-electron chi connectivity index (χ0n) is 17.2. The molecule has 7 nitrogen and oxygen atoms in total. The standard InChI is InChI=1S/C21H29N3O4S/c1-4-28-18-11-9-17(10-12-18)23-21(25)19-15(2)20(16(3)22-19)29(26,27)24-13-7-5-6-8-14-24/h9-12,22H,4-8,13-14H2,1-3H3,(H,23,25). The Bertz CT molecular complexity index is 957. The van der Waals surface area contributed by atoms with Crippen LogP contribution in [0.1, 0.15) is 54.4 Å². The average Bonchev–Trinajstić information content (AvgIpc) is 2.87. The van der Waals surface area contributed by atoms with Gasteiger partial charge in [-0.2, -0.15) is 4.31 Å². The fraction of sp³-hybridized carbons (Fsp3) is 0.476. The molecule has 2 N–H and O–H groups in total. The maximum Gasteiger partial charge on any atom is 0.272 e. The molecule has 0 unspecified atom stereocenters. The van der Waals surface area contributed by atoms with Crippen LogP contribution in [-0.2, 0) is 10.0 Å². The van der Waals surface area contributed by atoms with Crippen LogP contribution in [-0.4, -0.2) is 43.3 Å². The Morgan fingerprint density at radius 2 is 1.72 bits per heavy atom. The molecule has 0 radical (unpaired) electrons. The van der Waals surface area contributed by atoms with Crippen molar-refractivity contribution in [2.75, 3.05) is 25.0 Å². The van der Waals surface area contributed by atoms with Crippen molar-refractivity contribution in [3.05, 3.63) is 41.2 Å². The highest BCUT2D eigenvalue weighted by Crippen LogP contribution is 2.28. The normalized spacial score (nSPS) is 15.7. The molecule has 1 aromatic heterocycles. The number of carbonyl (C=O) groups excluding carboxylic acids is 1. The predicted octanol–water partition coefficient (Wildman–Crippen LogP) is 3.85. The second kappa shape index (κ2) is 9.00. The van der Waals surface area contributed by atoms with Crippen LogP contribution in [0.5, 0.6) is 5.75 Å². The van der Waals surface area contributed by atoms with E-state index in [9.17, 15) is 13.2 Å². The number of H-pyrrole nitrogens is 1. The molecule has 0 aliphatic carbocycles. The number of nitrogens with one attached hydrogen (secondary N) is 2. The molecule has 1 amide bonds. The summed E-state index contributed by atoms with van der Waals surface area (Å²) in [5.74, 6) is 0.357. The van der Waals surface area contributed by atoms with Gasteiger partial charge < -0.3 is 15.0 Å². The van der Waals surface area contributed by atoms with Gasteiger partial charge in [-0.3, -0.25) is 4.79 Å². The Morgan fingerprint density at radius 3 is 2.31 bits per heavy atom. The number of hydrogen-bond donors (Lipinski definition) is 2. The first-order valence-electron chi connectivity index (χ1n) is 10.1. The number of aromatic amines is 1. The van der Waals surface area contributed by atoms with Gasteiger partial charge in [-0.1, -0.05) is 12.8 Å². The molecule has 1 aliphatic heterocycles. The first kappa shape index (κ1) is 21.4. The van der Waals surface area contributed by atoms with E-state index in [2.05, 4.69) is 10.3 Å². The van der Waals surface area contributed by atoms with Crippen LogP contribution in [0.3, 0.4) is 0 Å².